The lowest BCUT2D eigenvalue weighted by Gasteiger charge is -2.24. The molecule has 7 nitrogen and oxygen atoms in total. The Bertz CT molecular complexity index is 1020. The Kier molecular flexibility index (Phi) is 4.61. The second-order valence-corrected chi connectivity index (χ2v) is 7.18. The predicted molar refractivity (Wildman–Crippen MR) is 102 cm³/mol. The monoisotopic (exact) mass is 367 g/mol. The van der Waals surface area contributed by atoms with Gasteiger partial charge in [-0.2, -0.15) is 0 Å². The van der Waals surface area contributed by atoms with Crippen molar-refractivity contribution in [3.63, 3.8) is 0 Å². The van der Waals surface area contributed by atoms with Crippen LogP contribution in [0.25, 0.3) is 16.9 Å². The predicted octanol–water partition coefficient (Wildman–Crippen LogP) is 4.07. The molecule has 1 aromatic carbocycles. The highest BCUT2D eigenvalue weighted by atomic mass is 16.6. The van der Waals surface area contributed by atoms with Crippen LogP contribution in [0.15, 0.2) is 48.8 Å². The standard InChI is InChI=1S/C20H21N3O4/c1-20(2,3)27-19(26)22(4)15-8-9-17-21-11-16(23(17)12-15)13-6-5-7-14(10-13)18(24)25/h5-12H,1-4H3,(H,24,25). The van der Waals surface area contributed by atoms with E-state index in [2.05, 4.69) is 4.98 Å². The van der Waals surface area contributed by atoms with Gasteiger partial charge in [0.1, 0.15) is 11.2 Å². The van der Waals surface area contributed by atoms with Gasteiger partial charge in [-0.05, 0) is 45.0 Å². The third kappa shape index (κ3) is 3.92. The average Bonchev–Trinajstić information content (AvgIpc) is 3.02. The van der Waals surface area contributed by atoms with Crippen LogP contribution in [0.5, 0.6) is 0 Å². The number of carboxylic acid groups (broad SMARTS) is 1. The Morgan fingerprint density at radius 3 is 2.59 bits per heavy atom. The van der Waals surface area contributed by atoms with Gasteiger partial charge in [-0.1, -0.05) is 12.1 Å². The number of ether oxygens (including phenoxy) is 1. The SMILES string of the molecule is CN(C(=O)OC(C)(C)C)c1ccc2ncc(-c3cccc(C(=O)O)c3)n2c1. The van der Waals surface area contributed by atoms with E-state index in [0.29, 0.717) is 11.3 Å². The van der Waals surface area contributed by atoms with Gasteiger partial charge in [0, 0.05) is 18.8 Å². The Morgan fingerprint density at radius 2 is 1.93 bits per heavy atom. The van der Waals surface area contributed by atoms with Gasteiger partial charge in [-0.25, -0.2) is 14.6 Å². The van der Waals surface area contributed by atoms with E-state index in [1.165, 1.54) is 11.0 Å². The van der Waals surface area contributed by atoms with E-state index in [1.807, 2.05) is 31.2 Å². The van der Waals surface area contributed by atoms with E-state index < -0.39 is 17.7 Å². The molecule has 3 aromatic rings. The van der Waals surface area contributed by atoms with E-state index in [9.17, 15) is 14.7 Å². The Hall–Kier alpha value is -3.35. The molecule has 0 bridgehead atoms. The number of aromatic nitrogens is 2. The first kappa shape index (κ1) is 18.4. The van der Waals surface area contributed by atoms with Gasteiger partial charge >= 0.3 is 12.1 Å². The number of nitrogens with zero attached hydrogens (tertiary/aromatic N) is 3. The summed E-state index contributed by atoms with van der Waals surface area (Å²) < 4.78 is 7.22. The van der Waals surface area contributed by atoms with Crippen molar-refractivity contribution in [2.24, 2.45) is 0 Å². The van der Waals surface area contributed by atoms with Crippen LogP contribution in [0.3, 0.4) is 0 Å². The number of carboxylic acids is 1. The number of carbonyl (C=O) groups excluding carboxylic acids is 1. The van der Waals surface area contributed by atoms with Gasteiger partial charge in [0.2, 0.25) is 0 Å². The van der Waals surface area contributed by atoms with E-state index in [0.717, 1.165) is 11.3 Å². The Balaban J connectivity index is 2.01. The zero-order valence-electron chi connectivity index (χ0n) is 15.6. The molecule has 0 spiro atoms. The molecule has 0 atom stereocenters. The van der Waals surface area contributed by atoms with Gasteiger partial charge in [-0.3, -0.25) is 9.30 Å². The summed E-state index contributed by atoms with van der Waals surface area (Å²) in [6.07, 6.45) is 2.99. The summed E-state index contributed by atoms with van der Waals surface area (Å²) in [4.78, 5) is 29.3. The number of anilines is 1. The minimum Gasteiger partial charge on any atom is -0.478 e. The largest absolute Gasteiger partial charge is 0.478 e. The molecular weight excluding hydrogens is 346 g/mol. The maximum Gasteiger partial charge on any atom is 0.414 e. The number of hydrogen-bond donors (Lipinski definition) is 1. The van der Waals surface area contributed by atoms with Gasteiger partial charge in [0.25, 0.3) is 0 Å². The lowest BCUT2D eigenvalue weighted by atomic mass is 10.1. The van der Waals surface area contributed by atoms with Crippen molar-refractivity contribution >= 4 is 23.4 Å². The first-order valence-corrected chi connectivity index (χ1v) is 8.43. The van der Waals surface area contributed by atoms with Crippen LogP contribution in [0, 0.1) is 0 Å². The molecule has 0 aliphatic rings. The van der Waals surface area contributed by atoms with Crippen molar-refractivity contribution in [3.05, 3.63) is 54.4 Å². The lowest BCUT2D eigenvalue weighted by Crippen LogP contribution is -2.34. The van der Waals surface area contributed by atoms with Gasteiger partial charge in [0.05, 0.1) is 23.1 Å². The molecule has 1 N–H and O–H groups in total. The fourth-order valence-electron chi connectivity index (χ4n) is 2.63. The number of imidazole rings is 1. The number of hydrogen-bond acceptors (Lipinski definition) is 4. The second-order valence-electron chi connectivity index (χ2n) is 7.18. The summed E-state index contributed by atoms with van der Waals surface area (Å²) in [5.41, 5.74) is 2.38. The first-order chi connectivity index (χ1) is 12.7. The van der Waals surface area contributed by atoms with Crippen LogP contribution in [-0.2, 0) is 4.74 Å². The van der Waals surface area contributed by atoms with Crippen molar-refractivity contribution in [1.29, 1.82) is 0 Å². The first-order valence-electron chi connectivity index (χ1n) is 8.43. The summed E-state index contributed by atoms with van der Waals surface area (Å²) in [5.74, 6) is -0.990. The summed E-state index contributed by atoms with van der Waals surface area (Å²) in [6, 6.07) is 10.2. The normalized spacial score (nSPS) is 11.4. The van der Waals surface area contributed by atoms with Crippen molar-refractivity contribution in [2.45, 2.75) is 26.4 Å². The van der Waals surface area contributed by atoms with Crippen LogP contribution in [0.4, 0.5) is 10.5 Å². The molecular formula is C20H21N3O4. The van der Waals surface area contributed by atoms with E-state index in [4.69, 9.17) is 4.74 Å². The molecule has 0 aliphatic heterocycles. The molecule has 2 aromatic heterocycles. The number of pyridine rings is 1. The van der Waals surface area contributed by atoms with Crippen LogP contribution in [0.1, 0.15) is 31.1 Å². The third-order valence-electron chi connectivity index (χ3n) is 3.95. The number of carbonyl (C=O) groups is 2. The number of aromatic carboxylic acids is 1. The van der Waals surface area contributed by atoms with E-state index in [1.54, 1.807) is 43.7 Å². The third-order valence-corrected chi connectivity index (χ3v) is 3.95. The highest BCUT2D eigenvalue weighted by Crippen LogP contribution is 2.25. The highest BCUT2D eigenvalue weighted by molar-refractivity contribution is 5.89. The zero-order valence-corrected chi connectivity index (χ0v) is 15.6. The van der Waals surface area contributed by atoms with Crippen molar-refractivity contribution in [3.8, 4) is 11.3 Å². The molecule has 140 valence electrons. The van der Waals surface area contributed by atoms with E-state index in [-0.39, 0.29) is 5.56 Å². The molecule has 0 aliphatic carbocycles. The van der Waals surface area contributed by atoms with Gasteiger partial charge < -0.3 is 9.84 Å². The maximum atomic E-state index is 12.3. The number of benzene rings is 1. The highest BCUT2D eigenvalue weighted by Gasteiger charge is 2.21. The maximum absolute atomic E-state index is 12.3. The fraction of sp³-hybridized carbons (Fsp3) is 0.250. The van der Waals surface area contributed by atoms with Crippen LogP contribution < -0.4 is 4.90 Å². The lowest BCUT2D eigenvalue weighted by molar-refractivity contribution is 0.0588. The van der Waals surface area contributed by atoms with Crippen LogP contribution in [-0.4, -0.2) is 39.2 Å². The Labute approximate surface area is 156 Å². The second kappa shape index (κ2) is 6.75. The summed E-state index contributed by atoms with van der Waals surface area (Å²) >= 11 is 0. The van der Waals surface area contributed by atoms with E-state index >= 15 is 0 Å². The molecule has 0 radical (unpaired) electrons. The van der Waals surface area contributed by atoms with Crippen LogP contribution >= 0.6 is 0 Å². The minimum atomic E-state index is -0.990. The number of amides is 1. The van der Waals surface area contributed by atoms with Crippen molar-refractivity contribution in [1.82, 2.24) is 9.38 Å². The fourth-order valence-corrected chi connectivity index (χ4v) is 2.63. The van der Waals surface area contributed by atoms with Crippen molar-refractivity contribution in [2.75, 3.05) is 11.9 Å². The summed E-state index contributed by atoms with van der Waals surface area (Å²) in [6.45, 7) is 5.43. The molecule has 0 saturated heterocycles. The smallest absolute Gasteiger partial charge is 0.414 e. The molecule has 0 saturated carbocycles. The van der Waals surface area contributed by atoms with Gasteiger partial charge in [0.15, 0.2) is 0 Å². The summed E-state index contributed by atoms with van der Waals surface area (Å²) in [7, 11) is 1.64. The number of rotatable bonds is 3. The molecule has 1 amide bonds. The Morgan fingerprint density at radius 1 is 1.19 bits per heavy atom. The molecule has 3 rings (SSSR count). The topological polar surface area (TPSA) is 84.1 Å². The average molecular weight is 367 g/mol. The van der Waals surface area contributed by atoms with Gasteiger partial charge in [-0.15, -0.1) is 0 Å². The number of fused-ring (bicyclic) bond motifs is 1. The molecule has 0 fully saturated rings. The summed E-state index contributed by atoms with van der Waals surface area (Å²) in [5, 5.41) is 9.21. The van der Waals surface area contributed by atoms with Crippen molar-refractivity contribution < 1.29 is 19.4 Å². The zero-order chi connectivity index (χ0) is 19.8. The minimum absolute atomic E-state index is 0.199. The molecule has 27 heavy (non-hydrogen) atoms. The molecule has 2 heterocycles. The van der Waals surface area contributed by atoms with Crippen LogP contribution in [0.2, 0.25) is 0 Å². The molecule has 7 heteroatoms. The molecule has 0 unspecified atom stereocenters. The quantitative estimate of drug-likeness (QED) is 0.754.